The van der Waals surface area contributed by atoms with Crippen LogP contribution in [-0.4, -0.2) is 5.71 Å². The van der Waals surface area contributed by atoms with Crippen molar-refractivity contribution in [2.75, 3.05) is 0 Å². The summed E-state index contributed by atoms with van der Waals surface area (Å²) in [6.45, 7) is 9.31. The van der Waals surface area contributed by atoms with E-state index in [1.165, 1.54) is 25.7 Å². The van der Waals surface area contributed by atoms with E-state index in [9.17, 15) is 0 Å². The normalized spacial score (nSPS) is 59.0. The van der Waals surface area contributed by atoms with Gasteiger partial charge >= 0.3 is 0 Å². The minimum absolute atomic E-state index is 0.203. The van der Waals surface area contributed by atoms with E-state index in [0.29, 0.717) is 11.3 Å². The average Bonchev–Trinajstić information content (AvgIpc) is 2.87. The molecule has 3 aliphatic carbocycles. The molecule has 0 aromatic carbocycles. The zero-order valence-electron chi connectivity index (χ0n) is 11.1. The summed E-state index contributed by atoms with van der Waals surface area (Å²) in [4.78, 5) is 0. The molecule has 0 amide bonds. The Labute approximate surface area is 99.5 Å². The second kappa shape index (κ2) is 2.91. The zero-order chi connectivity index (χ0) is 11.7. The van der Waals surface area contributed by atoms with Crippen LogP contribution >= 0.6 is 0 Å². The highest BCUT2D eigenvalue weighted by Crippen LogP contribution is 2.74. The van der Waals surface area contributed by atoms with Crippen molar-refractivity contribution >= 4 is 5.71 Å². The minimum atomic E-state index is 0.203. The fourth-order valence-electron chi connectivity index (χ4n) is 5.81. The van der Waals surface area contributed by atoms with Gasteiger partial charge in [0.15, 0.2) is 0 Å². The van der Waals surface area contributed by atoms with Crippen LogP contribution in [0.3, 0.4) is 0 Å². The van der Waals surface area contributed by atoms with Crippen LogP contribution in [0.5, 0.6) is 0 Å². The summed E-state index contributed by atoms with van der Waals surface area (Å²) in [5.74, 6) is 3.35. The molecule has 0 heterocycles. The summed E-state index contributed by atoms with van der Waals surface area (Å²) in [5.41, 5.74) is 1.77. The van der Waals surface area contributed by atoms with Gasteiger partial charge in [0.1, 0.15) is 0 Å². The Morgan fingerprint density at radius 2 is 1.94 bits per heavy atom. The van der Waals surface area contributed by atoms with Gasteiger partial charge in [-0.25, -0.2) is 0 Å². The Kier molecular flexibility index (Phi) is 1.97. The summed E-state index contributed by atoms with van der Waals surface area (Å²) < 4.78 is 0. The molecule has 3 saturated carbocycles. The van der Waals surface area contributed by atoms with Gasteiger partial charge in [-0.1, -0.05) is 20.8 Å². The van der Waals surface area contributed by atoms with Crippen LogP contribution in [0, 0.1) is 39.9 Å². The van der Waals surface area contributed by atoms with Crippen molar-refractivity contribution in [3.05, 3.63) is 0 Å². The molecule has 16 heavy (non-hydrogen) atoms. The molecule has 1 nitrogen and oxygen atoms in total. The minimum Gasteiger partial charge on any atom is -0.309 e. The van der Waals surface area contributed by atoms with Crippen LogP contribution in [0.15, 0.2) is 0 Å². The van der Waals surface area contributed by atoms with Crippen LogP contribution in [0.25, 0.3) is 0 Å². The van der Waals surface area contributed by atoms with E-state index < -0.39 is 0 Å². The van der Waals surface area contributed by atoms with Gasteiger partial charge in [-0.3, -0.25) is 0 Å². The molecule has 0 aromatic heterocycles. The van der Waals surface area contributed by atoms with Crippen molar-refractivity contribution in [2.45, 2.75) is 53.4 Å². The monoisotopic (exact) mass is 219 g/mol. The fourth-order valence-corrected chi connectivity index (χ4v) is 5.81. The van der Waals surface area contributed by atoms with E-state index in [1.807, 2.05) is 6.92 Å². The van der Waals surface area contributed by atoms with Gasteiger partial charge in [-0.2, -0.15) is 0 Å². The van der Waals surface area contributed by atoms with Crippen LogP contribution in [0.1, 0.15) is 53.4 Å². The van der Waals surface area contributed by atoms with Gasteiger partial charge in [0, 0.05) is 11.1 Å². The third-order valence-electron chi connectivity index (χ3n) is 7.08. The standard InChI is InChI=1S/C15H25N/c1-9-10(2)15-6-5-12(8-15)7-13(15)14(9,4)11(3)16/h9-10,12-13,16H,5-8H2,1-4H3/t9?,10?,12-,13?,14?,15-/m0/s1. The molecule has 3 fully saturated rings. The Morgan fingerprint density at radius 3 is 2.50 bits per heavy atom. The number of hydrogen-bond donors (Lipinski definition) is 1. The molecule has 2 bridgehead atoms. The Morgan fingerprint density at radius 1 is 1.25 bits per heavy atom. The first-order chi connectivity index (χ1) is 7.43. The molecule has 1 spiro atoms. The topological polar surface area (TPSA) is 23.9 Å². The lowest BCUT2D eigenvalue weighted by atomic mass is 9.65. The van der Waals surface area contributed by atoms with Crippen molar-refractivity contribution in [3.63, 3.8) is 0 Å². The predicted molar refractivity (Wildman–Crippen MR) is 67.7 cm³/mol. The Bertz CT molecular complexity index is 347. The SMILES string of the molecule is CC(=N)C1(C)C(C)C(C)[C@@]23CC[C@@H](CC12)C3. The Hall–Kier alpha value is -0.330. The maximum Gasteiger partial charge on any atom is 0.0123 e. The second-order valence-electron chi connectivity index (χ2n) is 7.12. The van der Waals surface area contributed by atoms with Crippen molar-refractivity contribution in [1.82, 2.24) is 0 Å². The van der Waals surface area contributed by atoms with Crippen LogP contribution in [0.4, 0.5) is 0 Å². The summed E-state index contributed by atoms with van der Waals surface area (Å²) in [5, 5.41) is 8.24. The van der Waals surface area contributed by atoms with Gasteiger partial charge in [0.25, 0.3) is 0 Å². The van der Waals surface area contributed by atoms with Gasteiger partial charge in [-0.15, -0.1) is 0 Å². The lowest BCUT2D eigenvalue weighted by Crippen LogP contribution is -2.37. The second-order valence-corrected chi connectivity index (χ2v) is 7.12. The summed E-state index contributed by atoms with van der Waals surface area (Å²) in [7, 11) is 0. The molecule has 6 atom stereocenters. The lowest BCUT2D eigenvalue weighted by molar-refractivity contribution is 0.142. The number of fused-ring (bicyclic) bond motifs is 1. The highest BCUT2D eigenvalue weighted by atomic mass is 14.7. The van der Waals surface area contributed by atoms with Crippen molar-refractivity contribution < 1.29 is 0 Å². The van der Waals surface area contributed by atoms with Crippen LogP contribution < -0.4 is 0 Å². The van der Waals surface area contributed by atoms with E-state index in [2.05, 4.69) is 20.8 Å². The number of nitrogens with one attached hydrogen (secondary N) is 1. The molecule has 0 radical (unpaired) electrons. The quantitative estimate of drug-likeness (QED) is 0.641. The third-order valence-corrected chi connectivity index (χ3v) is 7.08. The Balaban J connectivity index is 2.09. The predicted octanol–water partition coefficient (Wildman–Crippen LogP) is 4.12. The first kappa shape index (κ1) is 10.8. The van der Waals surface area contributed by atoms with Crippen molar-refractivity contribution in [2.24, 2.45) is 34.5 Å². The molecule has 3 aliphatic rings. The lowest BCUT2D eigenvalue weighted by Gasteiger charge is -2.39. The molecular formula is C15H25N. The van der Waals surface area contributed by atoms with Crippen LogP contribution in [-0.2, 0) is 0 Å². The van der Waals surface area contributed by atoms with Gasteiger partial charge in [0.2, 0.25) is 0 Å². The van der Waals surface area contributed by atoms with E-state index in [0.717, 1.165) is 23.5 Å². The van der Waals surface area contributed by atoms with Crippen LogP contribution in [0.2, 0.25) is 0 Å². The molecular weight excluding hydrogens is 194 g/mol. The van der Waals surface area contributed by atoms with Crippen molar-refractivity contribution in [3.8, 4) is 0 Å². The first-order valence-corrected chi connectivity index (χ1v) is 6.98. The molecule has 3 rings (SSSR count). The molecule has 1 N–H and O–H groups in total. The summed E-state index contributed by atoms with van der Waals surface area (Å²) in [6, 6.07) is 0. The molecule has 90 valence electrons. The molecule has 0 aromatic rings. The largest absolute Gasteiger partial charge is 0.309 e. The van der Waals surface area contributed by atoms with E-state index in [4.69, 9.17) is 5.41 Å². The molecule has 0 aliphatic heterocycles. The first-order valence-electron chi connectivity index (χ1n) is 6.98. The fraction of sp³-hybridized carbons (Fsp3) is 0.933. The maximum atomic E-state index is 8.24. The van der Waals surface area contributed by atoms with Crippen molar-refractivity contribution in [1.29, 1.82) is 5.41 Å². The number of rotatable bonds is 1. The molecule has 0 saturated heterocycles. The molecule has 1 heteroatoms. The third kappa shape index (κ3) is 0.926. The highest BCUT2D eigenvalue weighted by molar-refractivity contribution is 5.86. The summed E-state index contributed by atoms with van der Waals surface area (Å²) >= 11 is 0. The van der Waals surface area contributed by atoms with E-state index in [1.54, 1.807) is 0 Å². The van der Waals surface area contributed by atoms with E-state index in [-0.39, 0.29) is 5.41 Å². The van der Waals surface area contributed by atoms with Gasteiger partial charge in [-0.05, 0) is 61.7 Å². The highest BCUT2D eigenvalue weighted by Gasteiger charge is 2.68. The number of hydrogen-bond acceptors (Lipinski definition) is 1. The van der Waals surface area contributed by atoms with Gasteiger partial charge < -0.3 is 5.41 Å². The smallest absolute Gasteiger partial charge is 0.0123 e. The average molecular weight is 219 g/mol. The summed E-state index contributed by atoms with van der Waals surface area (Å²) in [6.07, 6.45) is 5.82. The van der Waals surface area contributed by atoms with Gasteiger partial charge in [0.05, 0.1) is 0 Å². The maximum absolute atomic E-state index is 8.24. The van der Waals surface area contributed by atoms with E-state index >= 15 is 0 Å². The zero-order valence-corrected chi connectivity index (χ0v) is 11.1. The molecule has 4 unspecified atom stereocenters.